The van der Waals surface area contributed by atoms with Crippen molar-refractivity contribution in [2.24, 2.45) is 5.73 Å². The van der Waals surface area contributed by atoms with Crippen LogP contribution in [0.3, 0.4) is 0 Å². The van der Waals surface area contributed by atoms with Crippen LogP contribution in [0.15, 0.2) is 21.3 Å². The maximum atomic E-state index is 11.3. The van der Waals surface area contributed by atoms with E-state index in [2.05, 4.69) is 10.1 Å². The zero-order valence-electron chi connectivity index (χ0n) is 10.9. The van der Waals surface area contributed by atoms with Crippen LogP contribution in [0.1, 0.15) is 12.8 Å². The second kappa shape index (κ2) is 7.41. The molecule has 2 rings (SSSR count). The number of hydrogen-bond donors (Lipinski definition) is 1. The van der Waals surface area contributed by atoms with Crippen molar-refractivity contribution in [1.82, 2.24) is 10.1 Å². The third-order valence-electron chi connectivity index (χ3n) is 2.36. The Bertz CT molecular complexity index is 542. The van der Waals surface area contributed by atoms with Crippen LogP contribution < -0.4 is 5.73 Å². The van der Waals surface area contributed by atoms with Crippen LogP contribution >= 0.6 is 23.1 Å². The van der Waals surface area contributed by atoms with Gasteiger partial charge in [-0.25, -0.2) is 0 Å². The van der Waals surface area contributed by atoms with Crippen molar-refractivity contribution in [2.75, 3.05) is 12.4 Å². The van der Waals surface area contributed by atoms with Crippen molar-refractivity contribution in [2.45, 2.75) is 18.7 Å². The number of thioether (sulfide) groups is 1. The molecule has 0 aromatic carbocycles. The summed E-state index contributed by atoms with van der Waals surface area (Å²) in [7, 11) is 0. The molecule has 8 heteroatoms. The molecule has 2 heterocycles. The summed E-state index contributed by atoms with van der Waals surface area (Å²) in [6.07, 6.45) is 0. The minimum absolute atomic E-state index is 0.338. The van der Waals surface area contributed by atoms with Gasteiger partial charge in [0, 0.05) is 16.7 Å². The van der Waals surface area contributed by atoms with Gasteiger partial charge in [0.25, 0.3) is 0 Å². The number of ether oxygens (including phenoxy) is 1. The van der Waals surface area contributed by atoms with E-state index in [0.717, 1.165) is 5.56 Å². The van der Waals surface area contributed by atoms with Gasteiger partial charge in [0.05, 0.1) is 12.4 Å². The number of nitrogens with zero attached hydrogens (tertiary/aromatic N) is 2. The Morgan fingerprint density at radius 1 is 1.65 bits per heavy atom. The number of hydrogen-bond acceptors (Lipinski definition) is 8. The van der Waals surface area contributed by atoms with Crippen LogP contribution in [0.25, 0.3) is 11.4 Å². The Morgan fingerprint density at radius 3 is 3.20 bits per heavy atom. The zero-order chi connectivity index (χ0) is 14.4. The lowest BCUT2D eigenvalue weighted by atomic mass is 10.3. The Kier molecular flexibility index (Phi) is 5.57. The summed E-state index contributed by atoms with van der Waals surface area (Å²) in [5.74, 6) is 1.69. The molecular weight excluding hydrogens is 298 g/mol. The summed E-state index contributed by atoms with van der Waals surface area (Å²) in [4.78, 5) is 15.6. The van der Waals surface area contributed by atoms with Crippen LogP contribution in [-0.4, -0.2) is 34.5 Å². The normalized spacial score (nSPS) is 12.3. The molecule has 1 unspecified atom stereocenters. The molecule has 0 fully saturated rings. The highest BCUT2D eigenvalue weighted by Gasteiger charge is 2.15. The van der Waals surface area contributed by atoms with Crippen molar-refractivity contribution in [3.05, 3.63) is 22.7 Å². The van der Waals surface area contributed by atoms with Gasteiger partial charge in [-0.2, -0.15) is 16.3 Å². The average molecular weight is 313 g/mol. The first-order valence-corrected chi connectivity index (χ1v) is 8.15. The molecular formula is C12H15N3O3S2. The highest BCUT2D eigenvalue weighted by molar-refractivity contribution is 7.98. The van der Waals surface area contributed by atoms with Gasteiger partial charge in [0.2, 0.25) is 11.7 Å². The molecule has 0 aliphatic rings. The van der Waals surface area contributed by atoms with Gasteiger partial charge in [-0.1, -0.05) is 5.16 Å². The van der Waals surface area contributed by atoms with Crippen LogP contribution in [-0.2, 0) is 15.3 Å². The Labute approximate surface area is 124 Å². The van der Waals surface area contributed by atoms with Crippen LogP contribution in [0.2, 0.25) is 0 Å². The SMILES string of the molecule is CCOC(=O)C(N)CSCc1nc(-c2ccsc2)no1. The van der Waals surface area contributed by atoms with Gasteiger partial charge in [-0.05, 0) is 18.4 Å². The van der Waals surface area contributed by atoms with Gasteiger partial charge in [-0.3, -0.25) is 4.79 Å². The minimum atomic E-state index is -0.626. The molecule has 108 valence electrons. The van der Waals surface area contributed by atoms with Gasteiger partial charge < -0.3 is 15.0 Å². The lowest BCUT2D eigenvalue weighted by Gasteiger charge is -2.08. The second-order valence-electron chi connectivity index (χ2n) is 3.90. The van der Waals surface area contributed by atoms with E-state index in [1.165, 1.54) is 11.8 Å². The fourth-order valence-corrected chi connectivity index (χ4v) is 2.85. The standard InChI is InChI=1S/C12H15N3O3S2/c1-2-17-12(16)9(13)6-20-7-10-14-11(15-18-10)8-3-4-19-5-8/h3-5,9H,2,6-7,13H2,1H3. The Balaban J connectivity index is 1.79. The molecule has 2 aromatic rings. The van der Waals surface area contributed by atoms with Crippen molar-refractivity contribution in [3.8, 4) is 11.4 Å². The van der Waals surface area contributed by atoms with Crippen molar-refractivity contribution in [3.63, 3.8) is 0 Å². The molecule has 20 heavy (non-hydrogen) atoms. The van der Waals surface area contributed by atoms with E-state index in [0.29, 0.717) is 29.8 Å². The van der Waals surface area contributed by atoms with Crippen LogP contribution in [0.4, 0.5) is 0 Å². The van der Waals surface area contributed by atoms with E-state index < -0.39 is 6.04 Å². The fraction of sp³-hybridized carbons (Fsp3) is 0.417. The predicted octanol–water partition coefficient (Wildman–Crippen LogP) is 1.92. The van der Waals surface area contributed by atoms with Crippen molar-refractivity contribution < 1.29 is 14.1 Å². The molecule has 6 nitrogen and oxygen atoms in total. The van der Waals surface area contributed by atoms with E-state index in [1.54, 1.807) is 18.3 Å². The molecule has 0 radical (unpaired) electrons. The summed E-state index contributed by atoms with van der Waals surface area (Å²) in [5, 5.41) is 7.82. The van der Waals surface area contributed by atoms with Crippen LogP contribution in [0.5, 0.6) is 0 Å². The number of aromatic nitrogens is 2. The first kappa shape index (κ1) is 15.0. The molecule has 0 spiro atoms. The van der Waals surface area contributed by atoms with Crippen LogP contribution in [0, 0.1) is 0 Å². The molecule has 2 aromatic heterocycles. The van der Waals surface area contributed by atoms with E-state index in [9.17, 15) is 4.79 Å². The summed E-state index contributed by atoms with van der Waals surface area (Å²) in [6.45, 7) is 2.09. The third kappa shape index (κ3) is 4.06. The van der Waals surface area contributed by atoms with Gasteiger partial charge in [0.1, 0.15) is 6.04 Å². The highest BCUT2D eigenvalue weighted by atomic mass is 32.2. The molecule has 0 aliphatic carbocycles. The fourth-order valence-electron chi connectivity index (χ4n) is 1.41. The number of esters is 1. The summed E-state index contributed by atoms with van der Waals surface area (Å²) in [6, 6.07) is 1.31. The van der Waals surface area contributed by atoms with Gasteiger partial charge in [-0.15, -0.1) is 11.8 Å². The lowest BCUT2D eigenvalue weighted by molar-refractivity contribution is -0.144. The Hall–Kier alpha value is -1.38. The number of carbonyl (C=O) groups excluding carboxylic acids is 1. The number of nitrogens with two attached hydrogens (primary N) is 1. The molecule has 1 atom stereocenters. The maximum absolute atomic E-state index is 11.3. The summed E-state index contributed by atoms with van der Waals surface area (Å²) < 4.78 is 9.98. The second-order valence-corrected chi connectivity index (χ2v) is 5.71. The zero-order valence-corrected chi connectivity index (χ0v) is 12.6. The monoisotopic (exact) mass is 313 g/mol. The van der Waals surface area contributed by atoms with Crippen molar-refractivity contribution >= 4 is 29.1 Å². The first-order chi connectivity index (χ1) is 9.70. The summed E-state index contributed by atoms with van der Waals surface area (Å²) in [5.41, 5.74) is 6.63. The molecule has 0 amide bonds. The molecule has 2 N–H and O–H groups in total. The average Bonchev–Trinajstić information content (AvgIpc) is 3.09. The maximum Gasteiger partial charge on any atom is 0.323 e. The number of rotatable bonds is 7. The number of carbonyl (C=O) groups is 1. The van der Waals surface area contributed by atoms with E-state index in [1.807, 2.05) is 16.8 Å². The third-order valence-corrected chi connectivity index (χ3v) is 4.09. The van der Waals surface area contributed by atoms with E-state index in [4.69, 9.17) is 15.0 Å². The summed E-state index contributed by atoms with van der Waals surface area (Å²) >= 11 is 3.04. The van der Waals surface area contributed by atoms with Crippen molar-refractivity contribution in [1.29, 1.82) is 0 Å². The first-order valence-electron chi connectivity index (χ1n) is 6.05. The highest BCUT2D eigenvalue weighted by Crippen LogP contribution is 2.20. The molecule has 0 saturated heterocycles. The van der Waals surface area contributed by atoms with Gasteiger partial charge >= 0.3 is 5.97 Å². The van der Waals surface area contributed by atoms with E-state index in [-0.39, 0.29) is 5.97 Å². The lowest BCUT2D eigenvalue weighted by Crippen LogP contribution is -2.34. The molecule has 0 saturated carbocycles. The quantitative estimate of drug-likeness (QED) is 0.781. The smallest absolute Gasteiger partial charge is 0.323 e. The Morgan fingerprint density at radius 2 is 2.50 bits per heavy atom. The molecule has 0 aliphatic heterocycles. The minimum Gasteiger partial charge on any atom is -0.465 e. The van der Waals surface area contributed by atoms with E-state index >= 15 is 0 Å². The number of thiophene rings is 1. The predicted molar refractivity (Wildman–Crippen MR) is 78.4 cm³/mol. The largest absolute Gasteiger partial charge is 0.465 e. The topological polar surface area (TPSA) is 91.2 Å². The van der Waals surface area contributed by atoms with Gasteiger partial charge in [0.15, 0.2) is 0 Å². The molecule has 0 bridgehead atoms.